The summed E-state index contributed by atoms with van der Waals surface area (Å²) >= 11 is 0. The van der Waals surface area contributed by atoms with Crippen LogP contribution in [0.4, 0.5) is 4.79 Å². The third-order valence-corrected chi connectivity index (χ3v) is 6.69. The van der Waals surface area contributed by atoms with Gasteiger partial charge in [-0.2, -0.15) is 0 Å². The number of rotatable bonds is 7. The minimum absolute atomic E-state index is 0.0627. The molecule has 0 saturated carbocycles. The van der Waals surface area contributed by atoms with Crippen LogP contribution >= 0.6 is 0 Å². The molecule has 2 heterocycles. The van der Waals surface area contributed by atoms with E-state index >= 15 is 0 Å². The molecule has 0 radical (unpaired) electrons. The number of ether oxygens (including phenoxy) is 3. The Morgan fingerprint density at radius 2 is 1.71 bits per heavy atom. The van der Waals surface area contributed by atoms with Crippen molar-refractivity contribution >= 4 is 18.0 Å². The molecule has 2 aromatic rings. The van der Waals surface area contributed by atoms with Crippen LogP contribution < -0.4 is 5.32 Å². The smallest absolute Gasteiger partial charge is 0.408 e. The molecular weight excluding hydrogens is 440 g/mol. The van der Waals surface area contributed by atoms with Crippen molar-refractivity contribution in [2.75, 3.05) is 39.5 Å². The van der Waals surface area contributed by atoms with Crippen LogP contribution in [0, 0.1) is 0 Å². The topological polar surface area (TPSA) is 114 Å². The third kappa shape index (κ3) is 4.12. The SMILES string of the molecule is O=C(O)COC1CN(C(=O)C2(NC(=O)OCC3c4ccccc4-c4ccccc43)CCOC2)C1. The van der Waals surface area contributed by atoms with Gasteiger partial charge in [-0.15, -0.1) is 0 Å². The predicted octanol–water partition coefficient (Wildman–Crippen LogP) is 2.00. The van der Waals surface area contributed by atoms with Gasteiger partial charge >= 0.3 is 12.1 Å². The van der Waals surface area contributed by atoms with E-state index in [1.165, 1.54) is 0 Å². The van der Waals surface area contributed by atoms with E-state index in [2.05, 4.69) is 17.4 Å². The average molecular weight is 466 g/mol. The number of carboxylic acids is 1. The molecule has 1 unspecified atom stereocenters. The van der Waals surface area contributed by atoms with Crippen LogP contribution in [0.3, 0.4) is 0 Å². The number of amides is 2. The highest BCUT2D eigenvalue weighted by atomic mass is 16.6. The molecule has 0 spiro atoms. The molecule has 2 aromatic carbocycles. The number of benzene rings is 2. The van der Waals surface area contributed by atoms with E-state index in [-0.39, 0.29) is 44.2 Å². The fraction of sp³-hybridized carbons (Fsp3) is 0.400. The Bertz CT molecular complexity index is 1060. The molecule has 1 atom stereocenters. The van der Waals surface area contributed by atoms with Crippen molar-refractivity contribution in [3.05, 3.63) is 59.7 Å². The van der Waals surface area contributed by atoms with Crippen molar-refractivity contribution in [1.29, 1.82) is 0 Å². The molecule has 178 valence electrons. The van der Waals surface area contributed by atoms with Crippen LogP contribution in [0.15, 0.2) is 48.5 Å². The molecule has 2 aliphatic heterocycles. The first-order valence-electron chi connectivity index (χ1n) is 11.3. The number of alkyl carbamates (subject to hydrolysis) is 1. The number of carbonyl (C=O) groups excluding carboxylic acids is 2. The van der Waals surface area contributed by atoms with Gasteiger partial charge in [0.25, 0.3) is 5.91 Å². The summed E-state index contributed by atoms with van der Waals surface area (Å²) in [5.41, 5.74) is 3.31. The lowest BCUT2D eigenvalue weighted by atomic mass is 9.94. The van der Waals surface area contributed by atoms with Gasteiger partial charge < -0.3 is 29.5 Å². The van der Waals surface area contributed by atoms with Crippen LogP contribution in [0.5, 0.6) is 0 Å². The second kappa shape index (κ2) is 9.08. The summed E-state index contributed by atoms with van der Waals surface area (Å²) in [6, 6.07) is 16.2. The average Bonchev–Trinajstić information content (AvgIpc) is 3.40. The number of carbonyl (C=O) groups is 3. The lowest BCUT2D eigenvalue weighted by Gasteiger charge is -2.43. The highest BCUT2D eigenvalue weighted by Crippen LogP contribution is 2.44. The van der Waals surface area contributed by atoms with E-state index in [1.807, 2.05) is 36.4 Å². The van der Waals surface area contributed by atoms with E-state index in [4.69, 9.17) is 19.3 Å². The zero-order chi connectivity index (χ0) is 23.7. The van der Waals surface area contributed by atoms with Gasteiger partial charge in [0.1, 0.15) is 18.8 Å². The molecule has 2 amide bonds. The number of likely N-dealkylation sites (tertiary alicyclic amines) is 1. The minimum atomic E-state index is -1.19. The zero-order valence-corrected chi connectivity index (χ0v) is 18.6. The molecule has 5 rings (SSSR count). The van der Waals surface area contributed by atoms with E-state index in [1.54, 1.807) is 4.90 Å². The number of nitrogens with zero attached hydrogens (tertiary/aromatic N) is 1. The zero-order valence-electron chi connectivity index (χ0n) is 18.6. The van der Waals surface area contributed by atoms with Gasteiger partial charge in [0.2, 0.25) is 0 Å². The quantitative estimate of drug-likeness (QED) is 0.641. The Morgan fingerprint density at radius 3 is 2.29 bits per heavy atom. The lowest BCUT2D eigenvalue weighted by molar-refractivity contribution is -0.158. The normalized spacial score (nSPS) is 21.5. The highest BCUT2D eigenvalue weighted by Gasteiger charge is 2.49. The van der Waals surface area contributed by atoms with Crippen molar-refractivity contribution in [2.24, 2.45) is 0 Å². The molecule has 0 aromatic heterocycles. The van der Waals surface area contributed by atoms with E-state index in [0.29, 0.717) is 13.0 Å². The van der Waals surface area contributed by atoms with Crippen molar-refractivity contribution in [3.63, 3.8) is 0 Å². The summed E-state index contributed by atoms with van der Waals surface area (Å²) in [6.07, 6.45) is -0.651. The van der Waals surface area contributed by atoms with Crippen molar-refractivity contribution < 1.29 is 33.7 Å². The van der Waals surface area contributed by atoms with Gasteiger partial charge in [-0.05, 0) is 22.3 Å². The summed E-state index contributed by atoms with van der Waals surface area (Å²) < 4.78 is 16.3. The molecule has 2 N–H and O–H groups in total. The first kappa shape index (κ1) is 22.4. The highest BCUT2D eigenvalue weighted by molar-refractivity contribution is 5.91. The Hall–Kier alpha value is -3.43. The second-order valence-corrected chi connectivity index (χ2v) is 8.87. The van der Waals surface area contributed by atoms with Gasteiger partial charge in [0.15, 0.2) is 0 Å². The number of hydrogen-bond acceptors (Lipinski definition) is 6. The van der Waals surface area contributed by atoms with Gasteiger partial charge in [-0.1, -0.05) is 48.5 Å². The molecule has 9 heteroatoms. The predicted molar refractivity (Wildman–Crippen MR) is 120 cm³/mol. The minimum Gasteiger partial charge on any atom is -0.480 e. The van der Waals surface area contributed by atoms with Crippen molar-refractivity contribution in [1.82, 2.24) is 10.2 Å². The van der Waals surface area contributed by atoms with Crippen LogP contribution in [-0.4, -0.2) is 79.1 Å². The number of nitrogens with one attached hydrogen (secondary N) is 1. The van der Waals surface area contributed by atoms with E-state index in [0.717, 1.165) is 22.3 Å². The number of hydrogen-bond donors (Lipinski definition) is 2. The molecule has 34 heavy (non-hydrogen) atoms. The Labute approximate surface area is 196 Å². The summed E-state index contributed by atoms with van der Waals surface area (Å²) in [5, 5.41) is 11.5. The summed E-state index contributed by atoms with van der Waals surface area (Å²) in [6.45, 7) is 0.717. The Balaban J connectivity index is 1.21. The van der Waals surface area contributed by atoms with Gasteiger partial charge in [0.05, 0.1) is 12.7 Å². The van der Waals surface area contributed by atoms with Crippen molar-refractivity contribution in [3.8, 4) is 11.1 Å². The van der Waals surface area contributed by atoms with E-state index < -0.39 is 24.2 Å². The fourth-order valence-electron chi connectivity index (χ4n) is 4.92. The lowest BCUT2D eigenvalue weighted by Crippen LogP contribution is -2.66. The molecule has 3 aliphatic rings. The maximum Gasteiger partial charge on any atom is 0.408 e. The molecule has 2 saturated heterocycles. The van der Waals surface area contributed by atoms with Gasteiger partial charge in [0, 0.05) is 32.0 Å². The summed E-state index contributed by atoms with van der Waals surface area (Å²) in [7, 11) is 0. The van der Waals surface area contributed by atoms with Crippen molar-refractivity contribution in [2.45, 2.75) is 24.0 Å². The van der Waals surface area contributed by atoms with Crippen LogP contribution in [-0.2, 0) is 23.8 Å². The Kier molecular flexibility index (Phi) is 5.97. The maximum absolute atomic E-state index is 13.2. The molecule has 1 aliphatic carbocycles. The molecule has 2 fully saturated rings. The van der Waals surface area contributed by atoms with Crippen LogP contribution in [0.2, 0.25) is 0 Å². The van der Waals surface area contributed by atoms with Gasteiger partial charge in [-0.25, -0.2) is 9.59 Å². The third-order valence-electron chi connectivity index (χ3n) is 6.69. The number of aliphatic carboxylic acids is 1. The fourth-order valence-corrected chi connectivity index (χ4v) is 4.92. The van der Waals surface area contributed by atoms with Crippen LogP contribution in [0.1, 0.15) is 23.5 Å². The first-order valence-corrected chi connectivity index (χ1v) is 11.3. The standard InChI is InChI=1S/C25H26N2O7/c28-22(29)14-33-16-11-27(12-16)23(30)25(9-10-32-15-25)26-24(31)34-13-21-19-7-3-1-5-17(19)18-6-2-4-8-20(18)21/h1-8,16,21H,9-15H2,(H,26,31)(H,28,29). The Morgan fingerprint density at radius 1 is 1.06 bits per heavy atom. The summed E-state index contributed by atoms with van der Waals surface area (Å²) in [4.78, 5) is 38.2. The largest absolute Gasteiger partial charge is 0.480 e. The first-order chi connectivity index (χ1) is 16.5. The molecular formula is C25H26N2O7. The second-order valence-electron chi connectivity index (χ2n) is 8.87. The van der Waals surface area contributed by atoms with E-state index in [9.17, 15) is 14.4 Å². The summed E-state index contributed by atoms with van der Waals surface area (Å²) in [5.74, 6) is -1.40. The number of fused-ring (bicyclic) bond motifs is 3. The van der Waals surface area contributed by atoms with Gasteiger partial charge in [-0.3, -0.25) is 4.79 Å². The monoisotopic (exact) mass is 466 g/mol. The molecule has 9 nitrogen and oxygen atoms in total. The maximum atomic E-state index is 13.2. The number of carboxylic acid groups (broad SMARTS) is 1. The molecule has 0 bridgehead atoms. The van der Waals surface area contributed by atoms with Crippen LogP contribution in [0.25, 0.3) is 11.1 Å².